The third-order valence-electron chi connectivity index (χ3n) is 4.85. The van der Waals surface area contributed by atoms with Gasteiger partial charge in [0.2, 0.25) is 5.95 Å². The minimum absolute atomic E-state index is 0.206. The van der Waals surface area contributed by atoms with E-state index in [1.807, 2.05) is 31.5 Å². The lowest BCUT2D eigenvalue weighted by molar-refractivity contribution is 0.227. The molecule has 0 radical (unpaired) electrons. The van der Waals surface area contributed by atoms with Crippen LogP contribution in [0.4, 0.5) is 5.95 Å². The lowest BCUT2D eigenvalue weighted by atomic mass is 9.90. The molecule has 0 saturated carbocycles. The molecule has 4 rings (SSSR count). The second-order valence-corrected chi connectivity index (χ2v) is 6.71. The molecule has 7 heteroatoms. The van der Waals surface area contributed by atoms with Crippen LogP contribution in [-0.4, -0.2) is 45.0 Å². The first-order valence-corrected chi connectivity index (χ1v) is 9.20. The molecule has 1 aromatic carbocycles. The van der Waals surface area contributed by atoms with Crippen LogP contribution in [0.5, 0.6) is 5.75 Å². The summed E-state index contributed by atoms with van der Waals surface area (Å²) in [6.45, 7) is 5.37. The van der Waals surface area contributed by atoms with E-state index >= 15 is 0 Å². The van der Waals surface area contributed by atoms with E-state index in [2.05, 4.69) is 42.3 Å². The van der Waals surface area contributed by atoms with Gasteiger partial charge >= 0.3 is 0 Å². The molecule has 2 N–H and O–H groups in total. The van der Waals surface area contributed by atoms with Gasteiger partial charge in [-0.2, -0.15) is 0 Å². The standard InChI is InChI=1S/C20H24N6O/c1-3-21-20-22-8-14(9-23-20)10-26-11-17(19-18(12-26)24-13-25-19)15-5-4-6-16(7-15)27-2/h4-9,13,17H,3,10-12H2,1-2H3,(H,24,25)(H,21,22,23). The second kappa shape index (κ2) is 7.75. The van der Waals surface area contributed by atoms with E-state index < -0.39 is 0 Å². The number of anilines is 1. The molecule has 2 aromatic heterocycles. The van der Waals surface area contributed by atoms with Gasteiger partial charge in [0.1, 0.15) is 5.75 Å². The van der Waals surface area contributed by atoms with Crippen LogP contribution in [0.1, 0.15) is 35.4 Å². The number of fused-ring (bicyclic) bond motifs is 1. The largest absolute Gasteiger partial charge is 0.497 e. The van der Waals surface area contributed by atoms with Crippen molar-refractivity contribution in [2.24, 2.45) is 0 Å². The highest BCUT2D eigenvalue weighted by Crippen LogP contribution is 2.33. The summed E-state index contributed by atoms with van der Waals surface area (Å²) in [4.78, 5) is 19.1. The van der Waals surface area contributed by atoms with Crippen molar-refractivity contribution in [2.75, 3.05) is 25.5 Å². The van der Waals surface area contributed by atoms with E-state index in [9.17, 15) is 0 Å². The number of ether oxygens (including phenoxy) is 1. The van der Waals surface area contributed by atoms with Crippen molar-refractivity contribution in [2.45, 2.75) is 25.9 Å². The normalized spacial score (nSPS) is 16.7. The molecule has 7 nitrogen and oxygen atoms in total. The average molecular weight is 364 g/mol. The molecule has 0 spiro atoms. The van der Waals surface area contributed by atoms with E-state index in [4.69, 9.17) is 4.74 Å². The highest BCUT2D eigenvalue weighted by Gasteiger charge is 2.29. The zero-order valence-electron chi connectivity index (χ0n) is 15.6. The van der Waals surface area contributed by atoms with E-state index in [1.54, 1.807) is 13.4 Å². The highest BCUT2D eigenvalue weighted by atomic mass is 16.5. The molecule has 0 amide bonds. The number of aromatic amines is 1. The Balaban J connectivity index is 1.55. The van der Waals surface area contributed by atoms with Crippen LogP contribution in [0.25, 0.3) is 0 Å². The van der Waals surface area contributed by atoms with E-state index in [1.165, 1.54) is 11.3 Å². The molecule has 0 fully saturated rings. The number of nitrogens with zero attached hydrogens (tertiary/aromatic N) is 4. The van der Waals surface area contributed by atoms with Crippen molar-refractivity contribution in [3.05, 3.63) is 65.5 Å². The number of hydrogen-bond acceptors (Lipinski definition) is 6. The first kappa shape index (κ1) is 17.5. The van der Waals surface area contributed by atoms with E-state index in [0.717, 1.165) is 43.2 Å². The van der Waals surface area contributed by atoms with Crippen molar-refractivity contribution < 1.29 is 4.74 Å². The Morgan fingerprint density at radius 1 is 1.26 bits per heavy atom. The third kappa shape index (κ3) is 3.78. The Bertz CT molecular complexity index is 891. The molecule has 27 heavy (non-hydrogen) atoms. The van der Waals surface area contributed by atoms with Gasteiger partial charge in [-0.15, -0.1) is 0 Å². The maximum Gasteiger partial charge on any atom is 0.222 e. The topological polar surface area (TPSA) is 79.0 Å². The van der Waals surface area contributed by atoms with Gasteiger partial charge in [0.25, 0.3) is 0 Å². The van der Waals surface area contributed by atoms with Crippen LogP contribution in [0.3, 0.4) is 0 Å². The predicted molar refractivity (Wildman–Crippen MR) is 104 cm³/mol. The van der Waals surface area contributed by atoms with Crippen molar-refractivity contribution in [1.29, 1.82) is 0 Å². The minimum Gasteiger partial charge on any atom is -0.497 e. The van der Waals surface area contributed by atoms with Gasteiger partial charge in [0.05, 0.1) is 24.8 Å². The molecule has 3 aromatic rings. The zero-order chi connectivity index (χ0) is 18.6. The number of imidazole rings is 1. The molecular formula is C20H24N6O. The second-order valence-electron chi connectivity index (χ2n) is 6.71. The summed E-state index contributed by atoms with van der Waals surface area (Å²) in [5.74, 6) is 1.75. The Labute approximate surface area is 158 Å². The molecule has 140 valence electrons. The van der Waals surface area contributed by atoms with Crippen LogP contribution < -0.4 is 10.1 Å². The summed E-state index contributed by atoms with van der Waals surface area (Å²) in [6.07, 6.45) is 5.58. The Hall–Kier alpha value is -2.93. The lowest BCUT2D eigenvalue weighted by Gasteiger charge is -2.32. The van der Waals surface area contributed by atoms with Crippen molar-refractivity contribution >= 4 is 5.95 Å². The Morgan fingerprint density at radius 2 is 2.11 bits per heavy atom. The van der Waals surface area contributed by atoms with Crippen LogP contribution in [0, 0.1) is 0 Å². The number of hydrogen-bond donors (Lipinski definition) is 2. The van der Waals surface area contributed by atoms with Gasteiger partial charge in [-0.1, -0.05) is 12.1 Å². The number of benzene rings is 1. The van der Waals surface area contributed by atoms with Crippen LogP contribution >= 0.6 is 0 Å². The SMILES string of the molecule is CCNc1ncc(CN2Cc3[nH]cnc3C(c3cccc(OC)c3)C2)cn1. The average Bonchev–Trinajstić information content (AvgIpc) is 3.18. The number of aromatic nitrogens is 4. The summed E-state index contributed by atoms with van der Waals surface area (Å²) < 4.78 is 5.40. The smallest absolute Gasteiger partial charge is 0.222 e. The quantitative estimate of drug-likeness (QED) is 0.700. The summed E-state index contributed by atoms with van der Waals surface area (Å²) in [7, 11) is 1.70. The van der Waals surface area contributed by atoms with E-state index in [-0.39, 0.29) is 5.92 Å². The summed E-state index contributed by atoms with van der Waals surface area (Å²) in [5, 5.41) is 3.13. The summed E-state index contributed by atoms with van der Waals surface area (Å²) in [5.41, 5.74) is 4.60. The maximum absolute atomic E-state index is 5.40. The van der Waals surface area contributed by atoms with Crippen molar-refractivity contribution in [3.8, 4) is 5.75 Å². The predicted octanol–water partition coefficient (Wildman–Crippen LogP) is 2.79. The number of methoxy groups -OCH3 is 1. The van der Waals surface area contributed by atoms with Crippen molar-refractivity contribution in [3.63, 3.8) is 0 Å². The Morgan fingerprint density at radius 3 is 2.89 bits per heavy atom. The monoisotopic (exact) mass is 364 g/mol. The molecule has 1 aliphatic rings. The summed E-state index contributed by atoms with van der Waals surface area (Å²) >= 11 is 0. The fourth-order valence-electron chi connectivity index (χ4n) is 3.58. The third-order valence-corrected chi connectivity index (χ3v) is 4.85. The van der Waals surface area contributed by atoms with Gasteiger partial charge in [0.15, 0.2) is 0 Å². The van der Waals surface area contributed by atoms with Crippen LogP contribution in [-0.2, 0) is 13.1 Å². The van der Waals surface area contributed by atoms with Gasteiger partial charge < -0.3 is 15.0 Å². The maximum atomic E-state index is 5.40. The fraction of sp³-hybridized carbons (Fsp3) is 0.350. The first-order chi connectivity index (χ1) is 13.3. The lowest BCUT2D eigenvalue weighted by Crippen LogP contribution is -2.34. The molecule has 1 unspecified atom stereocenters. The first-order valence-electron chi connectivity index (χ1n) is 9.20. The molecule has 3 heterocycles. The molecular weight excluding hydrogens is 340 g/mol. The molecule has 1 atom stereocenters. The molecule has 0 bridgehead atoms. The molecule has 1 aliphatic heterocycles. The van der Waals surface area contributed by atoms with Crippen molar-refractivity contribution in [1.82, 2.24) is 24.8 Å². The van der Waals surface area contributed by atoms with Gasteiger partial charge in [-0.25, -0.2) is 15.0 Å². The van der Waals surface area contributed by atoms with Gasteiger partial charge in [0, 0.05) is 50.1 Å². The Kier molecular flexibility index (Phi) is 5.02. The van der Waals surface area contributed by atoms with Gasteiger partial charge in [-0.3, -0.25) is 4.90 Å². The fourth-order valence-corrected chi connectivity index (χ4v) is 3.58. The van der Waals surface area contributed by atoms with Crippen LogP contribution in [0.2, 0.25) is 0 Å². The minimum atomic E-state index is 0.206. The van der Waals surface area contributed by atoms with Gasteiger partial charge in [-0.05, 0) is 24.6 Å². The number of rotatable bonds is 6. The zero-order valence-corrected chi connectivity index (χ0v) is 15.6. The summed E-state index contributed by atoms with van der Waals surface area (Å²) in [6, 6.07) is 8.25. The number of H-pyrrole nitrogens is 1. The number of nitrogens with one attached hydrogen (secondary N) is 2. The van der Waals surface area contributed by atoms with Crippen LogP contribution in [0.15, 0.2) is 43.0 Å². The highest BCUT2D eigenvalue weighted by molar-refractivity contribution is 5.38. The molecule has 0 saturated heterocycles. The van der Waals surface area contributed by atoms with E-state index in [0.29, 0.717) is 5.95 Å². The molecule has 0 aliphatic carbocycles.